The zero-order chi connectivity index (χ0) is 17.6. The fourth-order valence-electron chi connectivity index (χ4n) is 2.20. The van der Waals surface area contributed by atoms with Gasteiger partial charge in [0.15, 0.2) is 0 Å². The summed E-state index contributed by atoms with van der Waals surface area (Å²) in [5.41, 5.74) is 5.73. The van der Waals surface area contributed by atoms with Crippen LogP contribution in [0.25, 0.3) is 0 Å². The van der Waals surface area contributed by atoms with Crippen LogP contribution in [-0.4, -0.2) is 29.6 Å². The molecular weight excluding hydrogens is 298 g/mol. The lowest BCUT2D eigenvalue weighted by atomic mass is 9.82. The van der Waals surface area contributed by atoms with Crippen molar-refractivity contribution in [1.29, 1.82) is 0 Å². The van der Waals surface area contributed by atoms with Crippen LogP contribution < -0.4 is 16.4 Å². The summed E-state index contributed by atoms with van der Waals surface area (Å²) in [6, 6.07) is 4.21. The summed E-state index contributed by atoms with van der Waals surface area (Å²) in [4.78, 5) is 34.6. The number of benzene rings is 1. The van der Waals surface area contributed by atoms with Gasteiger partial charge in [0.2, 0.25) is 5.91 Å². The van der Waals surface area contributed by atoms with E-state index in [9.17, 15) is 19.5 Å². The SMILES string of the molecule is CCC(CC)(CNC(=O)Nc1cc(C(N)=O)ccc1C)C(=O)O. The zero-order valence-electron chi connectivity index (χ0n) is 13.6. The minimum atomic E-state index is -0.985. The van der Waals surface area contributed by atoms with E-state index in [1.54, 1.807) is 32.9 Å². The monoisotopic (exact) mass is 321 g/mol. The Hall–Kier alpha value is -2.57. The third kappa shape index (κ3) is 4.45. The lowest BCUT2D eigenvalue weighted by Crippen LogP contribution is -2.43. The molecule has 0 saturated heterocycles. The van der Waals surface area contributed by atoms with Gasteiger partial charge in [0.1, 0.15) is 0 Å². The molecule has 0 aliphatic carbocycles. The number of primary amides is 1. The molecule has 1 aromatic rings. The predicted octanol–water partition coefficient (Wildman–Crippen LogP) is 2.11. The van der Waals surface area contributed by atoms with Crippen LogP contribution in [0.15, 0.2) is 18.2 Å². The number of aryl methyl sites for hydroxylation is 1. The molecule has 3 amide bonds. The average molecular weight is 321 g/mol. The molecule has 0 bridgehead atoms. The molecule has 1 aromatic carbocycles. The van der Waals surface area contributed by atoms with E-state index >= 15 is 0 Å². The van der Waals surface area contributed by atoms with E-state index in [4.69, 9.17) is 5.73 Å². The second-order valence-electron chi connectivity index (χ2n) is 5.49. The second-order valence-corrected chi connectivity index (χ2v) is 5.49. The van der Waals surface area contributed by atoms with Gasteiger partial charge in [-0.25, -0.2) is 4.79 Å². The van der Waals surface area contributed by atoms with E-state index in [1.807, 2.05) is 0 Å². The quantitative estimate of drug-likeness (QED) is 0.614. The van der Waals surface area contributed by atoms with E-state index < -0.39 is 23.3 Å². The van der Waals surface area contributed by atoms with Gasteiger partial charge in [0.05, 0.1) is 5.41 Å². The fraction of sp³-hybridized carbons (Fsp3) is 0.438. The molecule has 7 heteroatoms. The number of hydrogen-bond acceptors (Lipinski definition) is 3. The number of aliphatic carboxylic acids is 1. The number of carbonyl (C=O) groups excluding carboxylic acids is 2. The summed E-state index contributed by atoms with van der Waals surface area (Å²) >= 11 is 0. The topological polar surface area (TPSA) is 122 Å². The molecule has 7 nitrogen and oxygen atoms in total. The molecule has 0 unspecified atom stereocenters. The molecule has 0 fully saturated rings. The molecule has 0 aromatic heterocycles. The van der Waals surface area contributed by atoms with E-state index in [0.29, 0.717) is 18.5 Å². The van der Waals surface area contributed by atoms with Crippen LogP contribution >= 0.6 is 0 Å². The van der Waals surface area contributed by atoms with Crippen molar-refractivity contribution in [3.05, 3.63) is 29.3 Å². The molecule has 0 aliphatic rings. The molecule has 0 saturated carbocycles. The number of rotatable bonds is 7. The average Bonchev–Trinajstić information content (AvgIpc) is 2.50. The Labute approximate surface area is 135 Å². The summed E-state index contributed by atoms with van der Waals surface area (Å²) in [5, 5.41) is 14.5. The van der Waals surface area contributed by atoms with E-state index in [2.05, 4.69) is 10.6 Å². The third-order valence-electron chi connectivity index (χ3n) is 4.16. The number of carboxylic acids is 1. The molecule has 0 heterocycles. The van der Waals surface area contributed by atoms with Crippen LogP contribution in [0.4, 0.5) is 10.5 Å². The molecule has 0 aliphatic heterocycles. The van der Waals surface area contributed by atoms with E-state index in [1.165, 1.54) is 6.07 Å². The summed E-state index contributed by atoms with van der Waals surface area (Å²) in [6.45, 7) is 5.35. The number of urea groups is 1. The van der Waals surface area contributed by atoms with Crippen LogP contribution in [0.5, 0.6) is 0 Å². The molecule has 0 radical (unpaired) electrons. The maximum atomic E-state index is 12.0. The van der Waals surface area contributed by atoms with Crippen molar-refractivity contribution in [2.75, 3.05) is 11.9 Å². The minimum Gasteiger partial charge on any atom is -0.481 e. The molecular formula is C16H23N3O4. The van der Waals surface area contributed by atoms with Crippen LogP contribution in [0.1, 0.15) is 42.6 Å². The van der Waals surface area contributed by atoms with Gasteiger partial charge in [-0.3, -0.25) is 9.59 Å². The first kappa shape index (κ1) is 18.5. The van der Waals surface area contributed by atoms with Crippen molar-refractivity contribution < 1.29 is 19.5 Å². The van der Waals surface area contributed by atoms with Crippen molar-refractivity contribution in [3.63, 3.8) is 0 Å². The Morgan fingerprint density at radius 1 is 1.22 bits per heavy atom. The van der Waals surface area contributed by atoms with E-state index in [-0.39, 0.29) is 12.1 Å². The zero-order valence-corrected chi connectivity index (χ0v) is 13.6. The van der Waals surface area contributed by atoms with Gasteiger partial charge in [0, 0.05) is 17.8 Å². The molecule has 0 spiro atoms. The minimum absolute atomic E-state index is 0.0235. The van der Waals surface area contributed by atoms with Crippen molar-refractivity contribution in [3.8, 4) is 0 Å². The van der Waals surface area contributed by atoms with Crippen LogP contribution in [0.2, 0.25) is 0 Å². The summed E-state index contributed by atoms with van der Waals surface area (Å²) < 4.78 is 0. The van der Waals surface area contributed by atoms with Gasteiger partial charge in [-0.05, 0) is 37.5 Å². The number of carboxylic acid groups (broad SMARTS) is 1. The number of hydrogen-bond donors (Lipinski definition) is 4. The van der Waals surface area contributed by atoms with Gasteiger partial charge < -0.3 is 21.5 Å². The number of anilines is 1. The second kappa shape index (κ2) is 7.62. The van der Waals surface area contributed by atoms with Gasteiger partial charge in [-0.2, -0.15) is 0 Å². The maximum absolute atomic E-state index is 12.0. The van der Waals surface area contributed by atoms with Gasteiger partial charge in [-0.15, -0.1) is 0 Å². The first-order valence-electron chi connectivity index (χ1n) is 7.44. The largest absolute Gasteiger partial charge is 0.481 e. The van der Waals surface area contributed by atoms with Crippen LogP contribution in [-0.2, 0) is 4.79 Å². The van der Waals surface area contributed by atoms with Crippen molar-refractivity contribution in [2.24, 2.45) is 11.1 Å². The summed E-state index contributed by atoms with van der Waals surface area (Å²) in [5.74, 6) is -1.52. The Kier molecular flexibility index (Phi) is 6.12. The first-order valence-corrected chi connectivity index (χ1v) is 7.44. The predicted molar refractivity (Wildman–Crippen MR) is 87.4 cm³/mol. The Morgan fingerprint density at radius 3 is 2.30 bits per heavy atom. The lowest BCUT2D eigenvalue weighted by Gasteiger charge is -2.26. The summed E-state index contributed by atoms with van der Waals surface area (Å²) in [7, 11) is 0. The highest BCUT2D eigenvalue weighted by molar-refractivity contribution is 5.96. The summed E-state index contributed by atoms with van der Waals surface area (Å²) in [6.07, 6.45) is 0.824. The van der Waals surface area contributed by atoms with E-state index in [0.717, 1.165) is 5.56 Å². The third-order valence-corrected chi connectivity index (χ3v) is 4.16. The molecule has 0 atom stereocenters. The number of amides is 3. The highest BCUT2D eigenvalue weighted by atomic mass is 16.4. The Morgan fingerprint density at radius 2 is 1.83 bits per heavy atom. The fourth-order valence-corrected chi connectivity index (χ4v) is 2.20. The number of nitrogens with two attached hydrogens (primary N) is 1. The maximum Gasteiger partial charge on any atom is 0.319 e. The number of nitrogens with one attached hydrogen (secondary N) is 2. The first-order chi connectivity index (χ1) is 10.8. The van der Waals surface area contributed by atoms with Crippen LogP contribution in [0.3, 0.4) is 0 Å². The Balaban J connectivity index is 2.79. The van der Waals surface area contributed by atoms with Crippen molar-refractivity contribution in [2.45, 2.75) is 33.6 Å². The van der Waals surface area contributed by atoms with Crippen LogP contribution in [0, 0.1) is 12.3 Å². The van der Waals surface area contributed by atoms with Gasteiger partial charge >= 0.3 is 12.0 Å². The van der Waals surface area contributed by atoms with Crippen molar-refractivity contribution in [1.82, 2.24) is 5.32 Å². The standard InChI is InChI=1S/C16H23N3O4/c1-4-16(5-2,14(21)22)9-18-15(23)19-12-8-11(13(17)20)7-6-10(12)3/h6-8H,4-5,9H2,1-3H3,(H2,17,20)(H,21,22)(H2,18,19,23). The molecule has 1 rings (SSSR count). The van der Waals surface area contributed by atoms with Gasteiger partial charge in [-0.1, -0.05) is 19.9 Å². The highest BCUT2D eigenvalue weighted by Crippen LogP contribution is 2.25. The van der Waals surface area contributed by atoms with Crippen molar-refractivity contribution >= 4 is 23.6 Å². The number of carbonyl (C=O) groups is 3. The molecule has 5 N–H and O–H groups in total. The Bertz CT molecular complexity index is 609. The molecule has 126 valence electrons. The smallest absolute Gasteiger partial charge is 0.319 e. The molecule has 23 heavy (non-hydrogen) atoms. The van der Waals surface area contributed by atoms with Gasteiger partial charge in [0.25, 0.3) is 0 Å². The normalized spacial score (nSPS) is 10.9. The lowest BCUT2D eigenvalue weighted by molar-refractivity contribution is -0.149. The highest BCUT2D eigenvalue weighted by Gasteiger charge is 2.35.